The Morgan fingerprint density at radius 3 is 0.484 bits per heavy atom. The van der Waals surface area contributed by atoms with Gasteiger partial charge in [0.1, 0.15) is 0 Å². The van der Waals surface area contributed by atoms with Crippen LogP contribution in [0.15, 0.2) is 522 Å². The van der Waals surface area contributed by atoms with Crippen LogP contribution in [0.3, 0.4) is 0 Å². The van der Waals surface area contributed by atoms with Crippen molar-refractivity contribution in [1.29, 1.82) is 0 Å². The third-order valence-corrected chi connectivity index (χ3v) is 24.3. The lowest BCUT2D eigenvalue weighted by molar-refractivity contribution is 1.28. The molecular weight excluding hydrogens is 1520 g/mol. The number of nitrogens with zero attached hydrogens (tertiary/aromatic N) is 4. The smallest absolute Gasteiger partial charge is 0.0468 e. The lowest BCUT2D eigenvalue weighted by Crippen LogP contribution is -2.10. The Labute approximate surface area is 736 Å². The summed E-state index contributed by atoms with van der Waals surface area (Å²) in [4.78, 5) is 9.32. The SMILES string of the molecule is c1ccc(-c2c3ccccc3c(-c3ccc(N(c4ccc(-c5ccc(N(c6ccccc6)c6ccccc6)cc5)cc4)c4ccc5ccccc5c4)cc3)c3ccccc23)cc1.c1ccc(-c2ccc(N(c3ccc(-c4ccc(N(c5ccccc5)c5ccccc5)cc4)cc3)c3ccc(-c4c5ccccc5c(-c5ccccc5)c5ccccc45)cc3)cc2)cc1. The van der Waals surface area contributed by atoms with E-state index in [0.717, 1.165) is 84.9 Å². The average molecular weight is 1610 g/mol. The van der Waals surface area contributed by atoms with Gasteiger partial charge in [-0.2, -0.15) is 0 Å². The molecule has 0 N–H and O–H groups in total. The summed E-state index contributed by atoms with van der Waals surface area (Å²) in [5.74, 6) is 0. The summed E-state index contributed by atoms with van der Waals surface area (Å²) in [7, 11) is 0. The van der Waals surface area contributed by atoms with Crippen molar-refractivity contribution in [2.24, 2.45) is 0 Å². The molecule has 0 aromatic heterocycles. The van der Waals surface area contributed by atoms with Crippen LogP contribution in [0.25, 0.3) is 132 Å². The molecule has 0 aliphatic rings. The van der Waals surface area contributed by atoms with Gasteiger partial charge in [0.15, 0.2) is 0 Å². The summed E-state index contributed by atoms with van der Waals surface area (Å²) in [5, 5.41) is 12.5. The maximum Gasteiger partial charge on any atom is 0.0468 e. The fourth-order valence-corrected chi connectivity index (χ4v) is 18.3. The molecule has 4 nitrogen and oxygen atoms in total. The van der Waals surface area contributed by atoms with Crippen molar-refractivity contribution in [3.8, 4) is 77.9 Å². The molecule has 0 heterocycles. The van der Waals surface area contributed by atoms with E-state index < -0.39 is 0 Å². The number of fused-ring (bicyclic) bond motifs is 5. The first-order chi connectivity index (χ1) is 62.5. The number of para-hydroxylation sites is 4. The van der Waals surface area contributed by atoms with Crippen LogP contribution in [-0.2, 0) is 0 Å². The zero-order valence-electron chi connectivity index (χ0n) is 69.4. The third-order valence-electron chi connectivity index (χ3n) is 24.3. The first-order valence-corrected chi connectivity index (χ1v) is 43.2. The zero-order chi connectivity index (χ0) is 83.9. The summed E-state index contributed by atoms with van der Waals surface area (Å²) in [6, 6.07) is 188. The number of rotatable bonds is 19. The van der Waals surface area contributed by atoms with Gasteiger partial charge in [0.2, 0.25) is 0 Å². The molecule has 594 valence electrons. The second kappa shape index (κ2) is 34.8. The van der Waals surface area contributed by atoms with Crippen molar-refractivity contribution in [2.45, 2.75) is 0 Å². The van der Waals surface area contributed by atoms with Crippen molar-refractivity contribution in [1.82, 2.24) is 0 Å². The van der Waals surface area contributed by atoms with Gasteiger partial charge in [-0.1, -0.05) is 376 Å². The van der Waals surface area contributed by atoms with Crippen molar-refractivity contribution in [3.05, 3.63) is 522 Å². The average Bonchev–Trinajstić information content (AvgIpc) is 0.737. The predicted octanol–water partition coefficient (Wildman–Crippen LogP) is 34.7. The second-order valence-corrected chi connectivity index (χ2v) is 31.8. The molecule has 0 bridgehead atoms. The molecule has 0 saturated carbocycles. The van der Waals surface area contributed by atoms with Gasteiger partial charge in [-0.25, -0.2) is 0 Å². The van der Waals surface area contributed by atoms with Gasteiger partial charge in [0.25, 0.3) is 0 Å². The summed E-state index contributed by atoms with van der Waals surface area (Å²) >= 11 is 0. The lowest BCUT2D eigenvalue weighted by atomic mass is 9.86. The van der Waals surface area contributed by atoms with Crippen LogP contribution in [0.2, 0.25) is 0 Å². The fraction of sp³-hybridized carbons (Fsp3) is 0. The quantitative estimate of drug-likeness (QED) is 0.0748. The van der Waals surface area contributed by atoms with Gasteiger partial charge in [-0.05, 0) is 277 Å². The van der Waals surface area contributed by atoms with Crippen LogP contribution >= 0.6 is 0 Å². The van der Waals surface area contributed by atoms with Crippen LogP contribution in [0.1, 0.15) is 0 Å². The van der Waals surface area contributed by atoms with Crippen LogP contribution in [-0.4, -0.2) is 0 Å². The highest BCUT2D eigenvalue weighted by molar-refractivity contribution is 6.23. The Morgan fingerprint density at radius 2 is 0.246 bits per heavy atom. The normalized spacial score (nSPS) is 11.2. The van der Waals surface area contributed by atoms with Crippen LogP contribution in [0, 0.1) is 0 Å². The molecule has 126 heavy (non-hydrogen) atoms. The van der Waals surface area contributed by atoms with E-state index in [1.165, 1.54) is 115 Å². The van der Waals surface area contributed by atoms with E-state index in [1.54, 1.807) is 0 Å². The van der Waals surface area contributed by atoms with Crippen LogP contribution < -0.4 is 19.6 Å². The van der Waals surface area contributed by atoms with Gasteiger partial charge in [0, 0.05) is 68.2 Å². The van der Waals surface area contributed by atoms with E-state index in [-0.39, 0.29) is 0 Å². The Bertz CT molecular complexity index is 7340. The molecule has 0 saturated heterocycles. The van der Waals surface area contributed by atoms with E-state index in [4.69, 9.17) is 0 Å². The Morgan fingerprint density at radius 1 is 0.0952 bits per heavy atom. The van der Waals surface area contributed by atoms with E-state index in [1.807, 2.05) is 0 Å². The maximum atomic E-state index is 2.37. The molecular formula is C122H86N4. The zero-order valence-corrected chi connectivity index (χ0v) is 69.4. The highest BCUT2D eigenvalue weighted by Crippen LogP contribution is 2.49. The first kappa shape index (κ1) is 76.7. The molecule has 0 aliphatic heterocycles. The van der Waals surface area contributed by atoms with Crippen molar-refractivity contribution < 1.29 is 0 Å². The minimum atomic E-state index is 1.09. The van der Waals surface area contributed by atoms with Gasteiger partial charge in [-0.15, -0.1) is 0 Å². The third kappa shape index (κ3) is 15.3. The molecule has 0 aliphatic carbocycles. The highest BCUT2D eigenvalue weighted by atomic mass is 15.2. The number of benzene rings is 22. The number of hydrogen-bond donors (Lipinski definition) is 0. The van der Waals surface area contributed by atoms with E-state index >= 15 is 0 Å². The fourth-order valence-electron chi connectivity index (χ4n) is 18.3. The number of anilines is 12. The Hall–Kier alpha value is -16.7. The number of hydrogen-bond acceptors (Lipinski definition) is 4. The van der Waals surface area contributed by atoms with Crippen molar-refractivity contribution >= 4 is 122 Å². The largest absolute Gasteiger partial charge is 0.311 e. The standard InChI is InChI=1S/C62H44N2.C60H42N2/c1-5-17-45(18-6-1)46-29-37-54(38-30-46)64(55-41-33-48(34-42-55)47-31-39-53(40-32-47)63(51-21-9-3-10-22-51)52-23-11-4-12-24-52)56-43-35-50(36-44-56)62-59-27-15-13-25-57(59)61(49-19-7-2-8-20-49)58-26-14-16-28-60(58)62;1-4-17-46(18-5-1)59-55-24-12-14-26-57(55)60(58-27-15-13-25-56(58)59)47-33-39-53(40-34-47)62(54-41-32-43-16-10-11-19-48(43)42-54)52-37-30-45(31-38-52)44-28-35-51(36-29-44)61(49-20-6-2-7-21-49)50-22-8-3-9-23-50/h1-44H;1-42H. The Balaban J connectivity index is 0.000000154. The molecule has 0 atom stereocenters. The molecule has 22 rings (SSSR count). The molecule has 0 amide bonds. The van der Waals surface area contributed by atoms with E-state index in [2.05, 4.69) is 541 Å². The van der Waals surface area contributed by atoms with Crippen molar-refractivity contribution in [2.75, 3.05) is 19.6 Å². The molecule has 22 aromatic rings. The molecule has 0 spiro atoms. The molecule has 0 unspecified atom stereocenters. The van der Waals surface area contributed by atoms with Gasteiger partial charge in [0.05, 0.1) is 0 Å². The monoisotopic (exact) mass is 1610 g/mol. The van der Waals surface area contributed by atoms with Gasteiger partial charge < -0.3 is 19.6 Å². The topological polar surface area (TPSA) is 13.0 Å². The summed E-state index contributed by atoms with van der Waals surface area (Å²) < 4.78 is 0. The summed E-state index contributed by atoms with van der Waals surface area (Å²) in [6.07, 6.45) is 0. The van der Waals surface area contributed by atoms with Crippen molar-refractivity contribution in [3.63, 3.8) is 0 Å². The van der Waals surface area contributed by atoms with Crippen LogP contribution in [0.4, 0.5) is 68.2 Å². The van der Waals surface area contributed by atoms with E-state index in [9.17, 15) is 0 Å². The predicted molar refractivity (Wildman–Crippen MR) is 537 cm³/mol. The maximum absolute atomic E-state index is 2.37. The first-order valence-electron chi connectivity index (χ1n) is 43.2. The molecule has 4 heteroatoms. The minimum Gasteiger partial charge on any atom is -0.311 e. The van der Waals surface area contributed by atoms with Gasteiger partial charge in [-0.3, -0.25) is 0 Å². The molecule has 22 aromatic carbocycles. The minimum absolute atomic E-state index is 1.09. The van der Waals surface area contributed by atoms with Crippen LogP contribution in [0.5, 0.6) is 0 Å². The second-order valence-electron chi connectivity index (χ2n) is 31.8. The summed E-state index contributed by atoms with van der Waals surface area (Å²) in [5.41, 5.74) is 30.2. The van der Waals surface area contributed by atoms with E-state index in [0.29, 0.717) is 0 Å². The molecule has 0 radical (unpaired) electrons. The molecule has 0 fully saturated rings. The van der Waals surface area contributed by atoms with Gasteiger partial charge >= 0.3 is 0 Å². The highest BCUT2D eigenvalue weighted by Gasteiger charge is 2.23. The Kier molecular flexibility index (Phi) is 21.2. The lowest BCUT2D eigenvalue weighted by Gasteiger charge is -2.27. The summed E-state index contributed by atoms with van der Waals surface area (Å²) in [6.45, 7) is 0.